The number of amides is 4. The molecule has 1 aromatic rings. The molecule has 0 fully saturated rings. The van der Waals surface area contributed by atoms with Gasteiger partial charge in [0.2, 0.25) is 23.6 Å². The fourth-order valence-electron chi connectivity index (χ4n) is 3.21. The summed E-state index contributed by atoms with van der Waals surface area (Å²) in [5, 5.41) is 26.7. The lowest BCUT2D eigenvalue weighted by molar-refractivity contribution is -0.152. The first-order chi connectivity index (χ1) is 17.3. The van der Waals surface area contributed by atoms with Gasteiger partial charge >= 0.3 is 5.97 Å². The topological polar surface area (TPSA) is 223 Å². The van der Waals surface area contributed by atoms with Crippen molar-refractivity contribution < 1.29 is 38.9 Å². The van der Waals surface area contributed by atoms with Crippen molar-refractivity contribution in [3.63, 3.8) is 0 Å². The van der Waals surface area contributed by atoms with Crippen LogP contribution in [0.1, 0.15) is 39.2 Å². The summed E-state index contributed by atoms with van der Waals surface area (Å²) in [7, 11) is 0. The van der Waals surface area contributed by atoms with E-state index in [-0.39, 0.29) is 18.9 Å². The summed E-state index contributed by atoms with van der Waals surface area (Å²) >= 11 is 0. The van der Waals surface area contributed by atoms with Gasteiger partial charge in [-0.3, -0.25) is 19.2 Å². The maximum absolute atomic E-state index is 12.9. The van der Waals surface area contributed by atoms with Crippen molar-refractivity contribution in [3.05, 3.63) is 35.9 Å². The summed E-state index contributed by atoms with van der Waals surface area (Å²) in [5.41, 5.74) is 11.4. The van der Waals surface area contributed by atoms with E-state index in [9.17, 15) is 34.2 Å². The Morgan fingerprint density at radius 3 is 2.00 bits per heavy atom. The number of nitrogens with two attached hydrogens (primary N) is 2. The van der Waals surface area contributed by atoms with Crippen molar-refractivity contribution >= 4 is 29.6 Å². The zero-order valence-electron chi connectivity index (χ0n) is 21.2. The molecule has 0 aliphatic carbocycles. The first kappa shape index (κ1) is 31.5. The van der Waals surface area contributed by atoms with E-state index in [0.29, 0.717) is 5.56 Å². The van der Waals surface area contributed by atoms with E-state index in [2.05, 4.69) is 16.0 Å². The number of aliphatic hydroxyl groups excluding tert-OH is 2. The maximum Gasteiger partial charge on any atom is 0.331 e. The molecule has 0 aromatic heterocycles. The highest BCUT2D eigenvalue weighted by Gasteiger charge is 2.33. The number of rotatable bonds is 15. The normalized spacial score (nSPS) is 15.0. The van der Waals surface area contributed by atoms with E-state index in [1.165, 1.54) is 6.92 Å². The number of aliphatic hydroxyl groups is 2. The number of carbonyl (C=O) groups excluding carboxylic acids is 5. The van der Waals surface area contributed by atoms with Crippen LogP contribution in [0.2, 0.25) is 0 Å². The molecule has 1 aromatic carbocycles. The molecule has 206 valence electrons. The molecule has 0 unspecified atom stereocenters. The van der Waals surface area contributed by atoms with Gasteiger partial charge in [-0.1, -0.05) is 44.2 Å². The SMILES string of the molecule is CC(C)C[C@H](NC(=O)[C@@H](N)CC(N)=O)C(=O)N[C@@H](CO)C(=O)N[C@H](C(=O)OCc1ccccc1)[C@@H](C)O. The van der Waals surface area contributed by atoms with Gasteiger partial charge in [0.15, 0.2) is 6.04 Å². The molecule has 1 rings (SSSR count). The van der Waals surface area contributed by atoms with Crippen LogP contribution in [0.4, 0.5) is 0 Å². The second-order valence-corrected chi connectivity index (χ2v) is 9.03. The molecule has 9 N–H and O–H groups in total. The predicted octanol–water partition coefficient (Wildman–Crippen LogP) is -2.19. The number of ether oxygens (including phenoxy) is 1. The van der Waals surface area contributed by atoms with Crippen LogP contribution in [-0.4, -0.2) is 76.7 Å². The van der Waals surface area contributed by atoms with Gasteiger partial charge in [0.05, 0.1) is 25.2 Å². The highest BCUT2D eigenvalue weighted by molar-refractivity contribution is 5.95. The first-order valence-electron chi connectivity index (χ1n) is 11.8. The Kier molecular flexibility index (Phi) is 13.2. The van der Waals surface area contributed by atoms with Crippen LogP contribution < -0.4 is 27.4 Å². The highest BCUT2D eigenvalue weighted by Crippen LogP contribution is 2.07. The summed E-state index contributed by atoms with van der Waals surface area (Å²) in [6.45, 7) is 3.92. The van der Waals surface area contributed by atoms with Gasteiger partial charge in [0, 0.05) is 0 Å². The number of benzene rings is 1. The minimum atomic E-state index is -1.51. The van der Waals surface area contributed by atoms with E-state index >= 15 is 0 Å². The minimum Gasteiger partial charge on any atom is -0.459 e. The third kappa shape index (κ3) is 11.4. The summed E-state index contributed by atoms with van der Waals surface area (Å²) in [5.74, 6) is -4.33. The maximum atomic E-state index is 12.9. The highest BCUT2D eigenvalue weighted by atomic mass is 16.5. The molecule has 4 amide bonds. The molecule has 37 heavy (non-hydrogen) atoms. The Bertz CT molecular complexity index is 925. The summed E-state index contributed by atoms with van der Waals surface area (Å²) in [6.07, 6.45) is -1.62. The fourth-order valence-corrected chi connectivity index (χ4v) is 3.21. The number of hydrogen-bond acceptors (Lipinski definition) is 9. The average molecular weight is 524 g/mol. The van der Waals surface area contributed by atoms with E-state index in [1.807, 2.05) is 0 Å². The van der Waals surface area contributed by atoms with Crippen LogP contribution in [0, 0.1) is 5.92 Å². The average Bonchev–Trinajstić information content (AvgIpc) is 2.83. The van der Waals surface area contributed by atoms with Gasteiger partial charge in [-0.05, 0) is 24.8 Å². The fraction of sp³-hybridized carbons (Fsp3) is 0.542. The van der Waals surface area contributed by atoms with Gasteiger partial charge in [0.25, 0.3) is 0 Å². The summed E-state index contributed by atoms with van der Waals surface area (Å²) in [6, 6.07) is 3.36. The standard InChI is InChI=1S/C24H37N5O8/c1-13(2)9-17(27-21(33)16(25)10-19(26)32)22(34)28-18(11-30)23(35)29-20(14(3)31)24(36)37-12-15-7-5-4-6-8-15/h4-8,13-14,16-18,20,30-31H,9-12,25H2,1-3H3,(H2,26,32)(H,27,33)(H,28,34)(H,29,35)/t14-,16+,17+,18+,20+/m1/s1. The zero-order chi connectivity index (χ0) is 28.1. The zero-order valence-corrected chi connectivity index (χ0v) is 21.2. The van der Waals surface area contributed by atoms with Gasteiger partial charge in [-0.15, -0.1) is 0 Å². The van der Waals surface area contributed by atoms with E-state index < -0.39 is 72.9 Å². The second kappa shape index (κ2) is 15.5. The predicted molar refractivity (Wildman–Crippen MR) is 132 cm³/mol. The molecule has 13 heteroatoms. The summed E-state index contributed by atoms with van der Waals surface area (Å²) in [4.78, 5) is 61.4. The second-order valence-electron chi connectivity index (χ2n) is 9.03. The molecule has 0 saturated heterocycles. The van der Waals surface area contributed by atoms with Crippen LogP contribution in [0.3, 0.4) is 0 Å². The van der Waals surface area contributed by atoms with Gasteiger partial charge in [-0.25, -0.2) is 4.79 Å². The number of esters is 1. The third-order valence-electron chi connectivity index (χ3n) is 5.17. The van der Waals surface area contributed by atoms with Crippen molar-refractivity contribution in [2.24, 2.45) is 17.4 Å². The number of carbonyl (C=O) groups is 5. The number of nitrogens with one attached hydrogen (secondary N) is 3. The number of hydrogen-bond donors (Lipinski definition) is 7. The van der Waals surface area contributed by atoms with Crippen LogP contribution >= 0.6 is 0 Å². The molecule has 0 bridgehead atoms. The Balaban J connectivity index is 2.85. The minimum absolute atomic E-state index is 0.0659. The first-order valence-corrected chi connectivity index (χ1v) is 11.8. The Labute approximate surface area is 215 Å². The molecule has 0 radical (unpaired) electrons. The van der Waals surface area contributed by atoms with E-state index in [1.54, 1.807) is 44.2 Å². The molecule has 0 saturated carbocycles. The molecule has 13 nitrogen and oxygen atoms in total. The molecular weight excluding hydrogens is 486 g/mol. The van der Waals surface area contributed by atoms with Crippen molar-refractivity contribution in [1.29, 1.82) is 0 Å². The smallest absolute Gasteiger partial charge is 0.331 e. The van der Waals surface area contributed by atoms with Crippen molar-refractivity contribution in [1.82, 2.24) is 16.0 Å². The lowest BCUT2D eigenvalue weighted by atomic mass is 10.0. The van der Waals surface area contributed by atoms with Crippen LogP contribution in [0.15, 0.2) is 30.3 Å². The van der Waals surface area contributed by atoms with Crippen LogP contribution in [0.25, 0.3) is 0 Å². The van der Waals surface area contributed by atoms with Crippen molar-refractivity contribution in [2.75, 3.05) is 6.61 Å². The van der Waals surface area contributed by atoms with Crippen LogP contribution in [-0.2, 0) is 35.3 Å². The quantitative estimate of drug-likeness (QED) is 0.124. The summed E-state index contributed by atoms with van der Waals surface area (Å²) < 4.78 is 5.17. The lowest BCUT2D eigenvalue weighted by Gasteiger charge is -2.26. The van der Waals surface area contributed by atoms with Gasteiger partial charge < -0.3 is 42.4 Å². The molecular formula is C24H37N5O8. The molecule has 0 aliphatic rings. The number of primary amides is 1. The molecule has 0 spiro atoms. The largest absolute Gasteiger partial charge is 0.459 e. The van der Waals surface area contributed by atoms with Crippen molar-refractivity contribution in [3.8, 4) is 0 Å². The van der Waals surface area contributed by atoms with Crippen LogP contribution in [0.5, 0.6) is 0 Å². The molecule has 0 aliphatic heterocycles. The Morgan fingerprint density at radius 1 is 0.919 bits per heavy atom. The lowest BCUT2D eigenvalue weighted by Crippen LogP contribution is -2.59. The van der Waals surface area contributed by atoms with Gasteiger partial charge in [0.1, 0.15) is 18.7 Å². The third-order valence-corrected chi connectivity index (χ3v) is 5.17. The van der Waals surface area contributed by atoms with E-state index in [0.717, 1.165) is 0 Å². The molecule has 5 atom stereocenters. The molecule has 0 heterocycles. The monoisotopic (exact) mass is 523 g/mol. The Morgan fingerprint density at radius 2 is 1.49 bits per heavy atom. The Hall–Kier alpha value is -3.55. The van der Waals surface area contributed by atoms with Crippen molar-refractivity contribution in [2.45, 2.75) is 70.5 Å². The van der Waals surface area contributed by atoms with E-state index in [4.69, 9.17) is 16.2 Å². The van der Waals surface area contributed by atoms with Gasteiger partial charge in [-0.2, -0.15) is 0 Å².